The molecular formula is C13H28N2O2. The van der Waals surface area contributed by atoms with Gasteiger partial charge in [0, 0.05) is 25.2 Å². The molecule has 0 aromatic rings. The summed E-state index contributed by atoms with van der Waals surface area (Å²) in [5, 5.41) is 8.81. The Hall–Kier alpha value is -0.610. The highest BCUT2D eigenvalue weighted by molar-refractivity contribution is 5.78. The Labute approximate surface area is 106 Å². The third-order valence-corrected chi connectivity index (χ3v) is 2.84. The van der Waals surface area contributed by atoms with Gasteiger partial charge in [-0.15, -0.1) is 0 Å². The molecule has 0 spiro atoms. The standard InChI is InChI=1S/C13H28N2O2/c1-6-14(8-7-9-16)10-13(17)15(11(2)3)12(4)5/h11-12,16H,6-10H2,1-5H3. The maximum Gasteiger partial charge on any atom is 0.237 e. The fourth-order valence-corrected chi connectivity index (χ4v) is 2.09. The van der Waals surface area contributed by atoms with E-state index < -0.39 is 0 Å². The van der Waals surface area contributed by atoms with Gasteiger partial charge in [0.1, 0.15) is 0 Å². The molecule has 0 aromatic heterocycles. The Morgan fingerprint density at radius 1 is 1.18 bits per heavy atom. The lowest BCUT2D eigenvalue weighted by Crippen LogP contribution is -2.47. The number of amides is 1. The topological polar surface area (TPSA) is 43.8 Å². The van der Waals surface area contributed by atoms with Crippen LogP contribution in [0.5, 0.6) is 0 Å². The molecule has 0 aliphatic heterocycles. The number of nitrogens with zero attached hydrogens (tertiary/aromatic N) is 2. The van der Waals surface area contributed by atoms with E-state index in [1.165, 1.54) is 0 Å². The number of aliphatic hydroxyl groups is 1. The molecule has 0 atom stereocenters. The van der Waals surface area contributed by atoms with Crippen molar-refractivity contribution < 1.29 is 9.90 Å². The van der Waals surface area contributed by atoms with Crippen LogP contribution in [-0.4, -0.2) is 59.1 Å². The summed E-state index contributed by atoms with van der Waals surface area (Å²) in [5.74, 6) is 0.176. The van der Waals surface area contributed by atoms with Crippen molar-refractivity contribution in [3.63, 3.8) is 0 Å². The molecule has 17 heavy (non-hydrogen) atoms. The van der Waals surface area contributed by atoms with Gasteiger partial charge < -0.3 is 10.0 Å². The molecule has 0 aromatic carbocycles. The second-order valence-electron chi connectivity index (χ2n) is 4.93. The molecule has 0 saturated carbocycles. The summed E-state index contributed by atoms with van der Waals surface area (Å²) in [6, 6.07) is 0.470. The first-order valence-corrected chi connectivity index (χ1v) is 6.58. The molecule has 0 rings (SSSR count). The molecular weight excluding hydrogens is 216 g/mol. The molecule has 1 N–H and O–H groups in total. The monoisotopic (exact) mass is 244 g/mol. The second kappa shape index (κ2) is 8.48. The van der Waals surface area contributed by atoms with Crippen LogP contribution in [0.2, 0.25) is 0 Å². The van der Waals surface area contributed by atoms with Crippen molar-refractivity contribution in [2.45, 2.75) is 53.1 Å². The van der Waals surface area contributed by atoms with E-state index in [4.69, 9.17) is 5.11 Å². The van der Waals surface area contributed by atoms with E-state index in [0.29, 0.717) is 6.54 Å². The smallest absolute Gasteiger partial charge is 0.237 e. The molecule has 0 aliphatic carbocycles. The number of carbonyl (C=O) groups is 1. The van der Waals surface area contributed by atoms with Crippen molar-refractivity contribution in [1.82, 2.24) is 9.80 Å². The van der Waals surface area contributed by atoms with Crippen molar-refractivity contribution in [1.29, 1.82) is 0 Å². The fraction of sp³-hybridized carbons (Fsp3) is 0.923. The van der Waals surface area contributed by atoms with E-state index in [1.54, 1.807) is 0 Å². The molecule has 0 saturated heterocycles. The largest absolute Gasteiger partial charge is 0.396 e. The van der Waals surface area contributed by atoms with E-state index >= 15 is 0 Å². The minimum Gasteiger partial charge on any atom is -0.396 e. The number of carbonyl (C=O) groups excluding carboxylic acids is 1. The first-order chi connectivity index (χ1) is 7.93. The number of hydrogen-bond donors (Lipinski definition) is 1. The molecule has 0 unspecified atom stereocenters. The molecule has 102 valence electrons. The summed E-state index contributed by atoms with van der Waals surface area (Å²) >= 11 is 0. The van der Waals surface area contributed by atoms with Crippen LogP contribution in [0.25, 0.3) is 0 Å². The highest BCUT2D eigenvalue weighted by Gasteiger charge is 2.21. The van der Waals surface area contributed by atoms with E-state index in [2.05, 4.69) is 4.90 Å². The van der Waals surface area contributed by atoms with E-state index in [-0.39, 0.29) is 24.6 Å². The van der Waals surface area contributed by atoms with Crippen molar-refractivity contribution >= 4 is 5.91 Å². The average Bonchev–Trinajstić information content (AvgIpc) is 2.22. The van der Waals surface area contributed by atoms with Gasteiger partial charge in [0.25, 0.3) is 0 Å². The van der Waals surface area contributed by atoms with Crippen LogP contribution < -0.4 is 0 Å². The molecule has 0 fully saturated rings. The van der Waals surface area contributed by atoms with Crippen molar-refractivity contribution in [3.05, 3.63) is 0 Å². The third kappa shape index (κ3) is 6.03. The zero-order valence-electron chi connectivity index (χ0n) is 11.9. The first-order valence-electron chi connectivity index (χ1n) is 6.58. The van der Waals surface area contributed by atoms with Crippen molar-refractivity contribution in [2.75, 3.05) is 26.2 Å². The highest BCUT2D eigenvalue weighted by Crippen LogP contribution is 2.06. The summed E-state index contributed by atoms with van der Waals surface area (Å²) in [5.41, 5.74) is 0. The Balaban J connectivity index is 4.36. The second-order valence-corrected chi connectivity index (χ2v) is 4.93. The lowest BCUT2D eigenvalue weighted by Gasteiger charge is -2.33. The van der Waals surface area contributed by atoms with Crippen molar-refractivity contribution in [2.24, 2.45) is 0 Å². The molecule has 0 bridgehead atoms. The van der Waals surface area contributed by atoms with Crippen LogP contribution in [0.3, 0.4) is 0 Å². The zero-order chi connectivity index (χ0) is 13.4. The normalized spacial score (nSPS) is 11.6. The van der Waals surface area contributed by atoms with Gasteiger partial charge in [0.05, 0.1) is 6.54 Å². The summed E-state index contributed by atoms with van der Waals surface area (Å²) in [7, 11) is 0. The SMILES string of the molecule is CCN(CCCO)CC(=O)N(C(C)C)C(C)C. The Morgan fingerprint density at radius 2 is 1.71 bits per heavy atom. The zero-order valence-corrected chi connectivity index (χ0v) is 11.9. The Morgan fingerprint density at radius 3 is 2.06 bits per heavy atom. The van der Waals surface area contributed by atoms with E-state index in [1.807, 2.05) is 39.5 Å². The van der Waals surface area contributed by atoms with Crippen LogP contribution >= 0.6 is 0 Å². The Kier molecular flexibility index (Phi) is 8.17. The van der Waals surface area contributed by atoms with Gasteiger partial charge in [-0.25, -0.2) is 0 Å². The number of likely N-dealkylation sites (N-methyl/N-ethyl adjacent to an activating group) is 1. The maximum absolute atomic E-state index is 12.2. The summed E-state index contributed by atoms with van der Waals surface area (Å²) in [6.45, 7) is 12.5. The number of aliphatic hydroxyl groups excluding tert-OH is 1. The molecule has 0 radical (unpaired) electrons. The van der Waals surface area contributed by atoms with Gasteiger partial charge >= 0.3 is 0 Å². The van der Waals surface area contributed by atoms with Crippen LogP contribution in [0.1, 0.15) is 41.0 Å². The van der Waals surface area contributed by atoms with E-state index in [0.717, 1.165) is 19.5 Å². The molecule has 4 heteroatoms. The molecule has 0 aliphatic rings. The lowest BCUT2D eigenvalue weighted by molar-refractivity contribution is -0.136. The first kappa shape index (κ1) is 16.4. The number of hydrogen-bond acceptors (Lipinski definition) is 3. The minimum absolute atomic E-state index is 0.176. The predicted molar refractivity (Wildman–Crippen MR) is 70.9 cm³/mol. The fourth-order valence-electron chi connectivity index (χ4n) is 2.09. The summed E-state index contributed by atoms with van der Waals surface area (Å²) in [4.78, 5) is 16.2. The molecule has 0 heterocycles. The van der Waals surface area contributed by atoms with Crippen molar-refractivity contribution in [3.8, 4) is 0 Å². The number of rotatable bonds is 8. The van der Waals surface area contributed by atoms with Crippen LogP contribution in [-0.2, 0) is 4.79 Å². The van der Waals surface area contributed by atoms with Gasteiger partial charge in [-0.05, 0) is 40.7 Å². The van der Waals surface area contributed by atoms with Gasteiger partial charge in [0.2, 0.25) is 5.91 Å². The van der Waals surface area contributed by atoms with Crippen LogP contribution in [0, 0.1) is 0 Å². The van der Waals surface area contributed by atoms with Gasteiger partial charge in [-0.1, -0.05) is 6.92 Å². The maximum atomic E-state index is 12.2. The molecule has 1 amide bonds. The minimum atomic E-state index is 0.176. The summed E-state index contributed by atoms with van der Waals surface area (Å²) < 4.78 is 0. The quantitative estimate of drug-likeness (QED) is 0.700. The van der Waals surface area contributed by atoms with Gasteiger partial charge in [-0.3, -0.25) is 9.69 Å². The average molecular weight is 244 g/mol. The van der Waals surface area contributed by atoms with Gasteiger partial charge in [-0.2, -0.15) is 0 Å². The predicted octanol–water partition coefficient (Wildman–Crippen LogP) is 1.34. The lowest BCUT2D eigenvalue weighted by atomic mass is 10.2. The Bertz CT molecular complexity index is 209. The van der Waals surface area contributed by atoms with E-state index in [9.17, 15) is 4.79 Å². The summed E-state index contributed by atoms with van der Waals surface area (Å²) in [6.07, 6.45) is 0.727. The highest BCUT2D eigenvalue weighted by atomic mass is 16.3. The molecule has 4 nitrogen and oxygen atoms in total. The third-order valence-electron chi connectivity index (χ3n) is 2.84. The van der Waals surface area contributed by atoms with Gasteiger partial charge in [0.15, 0.2) is 0 Å². The van der Waals surface area contributed by atoms with Crippen LogP contribution in [0.15, 0.2) is 0 Å². The van der Waals surface area contributed by atoms with Crippen LogP contribution in [0.4, 0.5) is 0 Å².